The fraction of sp³-hybridized carbons (Fsp3) is 0.278. The summed E-state index contributed by atoms with van der Waals surface area (Å²) in [6.07, 6.45) is -3.94. The van der Waals surface area contributed by atoms with Crippen LogP contribution in [0.2, 0.25) is 0 Å². The summed E-state index contributed by atoms with van der Waals surface area (Å²) in [6.45, 7) is 4.96. The highest BCUT2D eigenvalue weighted by atomic mass is 127. The van der Waals surface area contributed by atoms with Crippen LogP contribution in [0.3, 0.4) is 0 Å². The van der Waals surface area contributed by atoms with E-state index in [-0.39, 0.29) is 5.46 Å². The third kappa shape index (κ3) is 8.92. The summed E-state index contributed by atoms with van der Waals surface area (Å²) in [5.74, 6) is 0.999. The molecular weight excluding hydrogens is 507 g/mol. The van der Waals surface area contributed by atoms with E-state index in [0.717, 1.165) is 34.1 Å². The second-order valence-electron chi connectivity index (χ2n) is 5.31. The lowest BCUT2D eigenvalue weighted by Crippen LogP contribution is -2.29. The van der Waals surface area contributed by atoms with Crippen LogP contribution in [0.1, 0.15) is 24.2 Å². The average molecular weight is 526 g/mol. The van der Waals surface area contributed by atoms with Gasteiger partial charge in [-0.1, -0.05) is 12.1 Å². The van der Waals surface area contributed by atoms with Crippen molar-refractivity contribution < 1.29 is 42.2 Å². The van der Waals surface area contributed by atoms with Crippen molar-refractivity contribution in [3.8, 4) is 17.2 Å². The first-order valence-electron chi connectivity index (χ1n) is 8.37. The van der Waals surface area contributed by atoms with Crippen molar-refractivity contribution in [1.82, 2.24) is 0 Å². The molecule has 0 spiro atoms. The summed E-state index contributed by atoms with van der Waals surface area (Å²) < 4.78 is 50.4. The average Bonchev–Trinajstić information content (AvgIpc) is 2.65. The van der Waals surface area contributed by atoms with Gasteiger partial charge < -0.3 is 24.3 Å². The Bertz CT molecular complexity index is 757. The maximum Gasteiger partial charge on any atom is 0.573 e. The van der Waals surface area contributed by atoms with Crippen LogP contribution in [-0.2, 0) is 0 Å². The smallest absolute Gasteiger partial charge is 0.493 e. The van der Waals surface area contributed by atoms with Gasteiger partial charge in [-0.3, -0.25) is 4.79 Å². The minimum Gasteiger partial charge on any atom is -0.493 e. The van der Waals surface area contributed by atoms with Crippen LogP contribution in [0.5, 0.6) is 17.2 Å². The summed E-state index contributed by atoms with van der Waals surface area (Å²) in [5.41, 5.74) is 0.668. The Morgan fingerprint density at radius 3 is 1.86 bits per heavy atom. The largest absolute Gasteiger partial charge is 0.573 e. The number of hydrogen-bond acceptors (Lipinski definition) is 6. The van der Waals surface area contributed by atoms with Crippen LogP contribution >= 0.6 is 22.6 Å². The molecule has 11 heteroatoms. The molecule has 0 bridgehead atoms. The molecule has 0 aliphatic carbocycles. The van der Waals surface area contributed by atoms with Crippen molar-refractivity contribution in [2.45, 2.75) is 20.2 Å². The summed E-state index contributed by atoms with van der Waals surface area (Å²) in [7, 11) is -1.70. The van der Waals surface area contributed by atoms with Crippen LogP contribution in [0.25, 0.3) is 0 Å². The number of rotatable bonds is 7. The fourth-order valence-corrected chi connectivity index (χ4v) is 2.65. The first kappa shape index (κ1) is 25.1. The van der Waals surface area contributed by atoms with E-state index in [2.05, 4.69) is 27.3 Å². The quantitative estimate of drug-likeness (QED) is 0.328. The molecule has 0 saturated carbocycles. The van der Waals surface area contributed by atoms with E-state index in [0.29, 0.717) is 30.3 Å². The molecule has 0 atom stereocenters. The molecule has 2 aromatic rings. The van der Waals surface area contributed by atoms with E-state index in [9.17, 15) is 18.0 Å². The van der Waals surface area contributed by atoms with Crippen LogP contribution < -0.4 is 19.7 Å². The molecule has 0 fully saturated rings. The first-order chi connectivity index (χ1) is 13.6. The van der Waals surface area contributed by atoms with Gasteiger partial charge in [-0.2, -0.15) is 0 Å². The number of alkyl halides is 3. The Morgan fingerprint density at radius 1 is 1.03 bits per heavy atom. The van der Waals surface area contributed by atoms with Crippen LogP contribution in [0.15, 0.2) is 36.4 Å². The highest BCUT2D eigenvalue weighted by Crippen LogP contribution is 2.31. The van der Waals surface area contributed by atoms with Crippen molar-refractivity contribution in [1.29, 1.82) is 0 Å². The predicted molar refractivity (Wildman–Crippen MR) is 110 cm³/mol. The second-order valence-corrected chi connectivity index (χ2v) is 6.38. The summed E-state index contributed by atoms with van der Waals surface area (Å²) in [4.78, 5) is 10.7. The zero-order valence-electron chi connectivity index (χ0n) is 15.6. The summed E-state index contributed by atoms with van der Waals surface area (Å²) in [6, 6.07) is 7.71. The number of ether oxygens (including phenoxy) is 3. The zero-order valence-corrected chi connectivity index (χ0v) is 17.7. The van der Waals surface area contributed by atoms with Crippen molar-refractivity contribution in [2.24, 2.45) is 0 Å². The van der Waals surface area contributed by atoms with Crippen LogP contribution in [0.4, 0.5) is 13.2 Å². The van der Waals surface area contributed by atoms with Gasteiger partial charge in [0.15, 0.2) is 0 Å². The van der Waals surface area contributed by atoms with Gasteiger partial charge in [0.2, 0.25) is 0 Å². The Kier molecular flexibility index (Phi) is 10.3. The van der Waals surface area contributed by atoms with E-state index < -0.39 is 19.2 Å². The Morgan fingerprint density at radius 2 is 1.52 bits per heavy atom. The lowest BCUT2D eigenvalue weighted by molar-refractivity contribution is -0.274. The Labute approximate surface area is 179 Å². The molecule has 0 aromatic heterocycles. The number of hydrogen-bond donors (Lipinski definition) is 2. The van der Waals surface area contributed by atoms with Crippen molar-refractivity contribution in [3.05, 3.63) is 45.5 Å². The molecular formula is C18H19BF3IO6. The maximum atomic E-state index is 11.7. The summed E-state index contributed by atoms with van der Waals surface area (Å²) in [5, 5.41) is 17.3. The molecule has 6 nitrogen and oxygen atoms in total. The molecule has 2 N–H and O–H groups in total. The molecule has 0 amide bonds. The highest BCUT2D eigenvalue weighted by Gasteiger charge is 2.31. The molecule has 0 aliphatic heterocycles. The normalized spacial score (nSPS) is 10.5. The Balaban J connectivity index is 0.000000291. The van der Waals surface area contributed by atoms with E-state index in [1.54, 1.807) is 12.1 Å². The van der Waals surface area contributed by atoms with Crippen molar-refractivity contribution in [3.63, 3.8) is 0 Å². The molecule has 0 unspecified atom stereocenters. The van der Waals surface area contributed by atoms with E-state index in [1.165, 1.54) is 0 Å². The van der Waals surface area contributed by atoms with E-state index >= 15 is 0 Å². The Hall–Kier alpha value is -1.99. The molecule has 29 heavy (non-hydrogen) atoms. The van der Waals surface area contributed by atoms with E-state index in [4.69, 9.17) is 19.5 Å². The van der Waals surface area contributed by atoms with Crippen molar-refractivity contribution >= 4 is 41.5 Å². The number of carbonyl (C=O) groups is 1. The standard InChI is InChI=1S/C11H13IO3.C7H6BF3O3/c1-3-14-9-5-8(7-13)6-10(11(9)12)15-4-2;9-7(10,11)14-6-3-1-5(2-4-6)8(12)13/h5-7H,3-4H2,1-2H3;1-4,12-13H. The molecule has 0 heterocycles. The number of carbonyl (C=O) groups excluding carboxylic acids is 1. The van der Waals surface area contributed by atoms with Gasteiger partial charge in [-0.15, -0.1) is 13.2 Å². The van der Waals surface area contributed by atoms with Gasteiger partial charge in [0.1, 0.15) is 23.5 Å². The molecule has 158 valence electrons. The van der Waals surface area contributed by atoms with E-state index in [1.807, 2.05) is 13.8 Å². The molecule has 0 radical (unpaired) electrons. The minimum atomic E-state index is -4.74. The fourth-order valence-electron chi connectivity index (χ4n) is 2.02. The number of halogens is 4. The second kappa shape index (κ2) is 11.9. The topological polar surface area (TPSA) is 85.2 Å². The number of benzene rings is 2. The molecule has 2 rings (SSSR count). The number of aldehydes is 1. The third-order valence-corrected chi connectivity index (χ3v) is 4.24. The maximum absolute atomic E-state index is 11.7. The first-order valence-corrected chi connectivity index (χ1v) is 9.45. The minimum absolute atomic E-state index is 0.0968. The van der Waals surface area contributed by atoms with Gasteiger partial charge in [0, 0.05) is 5.56 Å². The zero-order chi connectivity index (χ0) is 22.0. The monoisotopic (exact) mass is 526 g/mol. The van der Waals surface area contributed by atoms with Gasteiger partial charge in [0.05, 0.1) is 16.8 Å². The van der Waals surface area contributed by atoms with Crippen LogP contribution in [0, 0.1) is 3.57 Å². The summed E-state index contributed by atoms with van der Waals surface area (Å²) >= 11 is 2.15. The lowest BCUT2D eigenvalue weighted by atomic mass is 9.80. The molecule has 0 saturated heterocycles. The van der Waals surface area contributed by atoms with Crippen LogP contribution in [-0.4, -0.2) is 43.0 Å². The predicted octanol–water partition coefficient (Wildman–Crippen LogP) is 3.17. The third-order valence-electron chi connectivity index (χ3n) is 3.18. The highest BCUT2D eigenvalue weighted by molar-refractivity contribution is 14.1. The van der Waals surface area contributed by atoms with Gasteiger partial charge in [-0.25, -0.2) is 0 Å². The SMILES string of the molecule is CCOc1cc(C=O)cc(OCC)c1I.OB(O)c1ccc(OC(F)(F)F)cc1. The van der Waals surface area contributed by atoms with Crippen molar-refractivity contribution in [2.75, 3.05) is 13.2 Å². The van der Waals surface area contributed by atoms with Gasteiger partial charge >= 0.3 is 13.5 Å². The van der Waals surface area contributed by atoms with Gasteiger partial charge in [-0.05, 0) is 66.2 Å². The molecule has 2 aromatic carbocycles. The van der Waals surface area contributed by atoms with Gasteiger partial charge in [0.25, 0.3) is 0 Å². The lowest BCUT2D eigenvalue weighted by Gasteiger charge is -2.11. The molecule has 0 aliphatic rings.